The number of aryl methyl sites for hydroxylation is 1. The Bertz CT molecular complexity index is 1490. The van der Waals surface area contributed by atoms with Crippen LogP contribution in [0.15, 0.2) is 72.8 Å². The summed E-state index contributed by atoms with van der Waals surface area (Å²) in [5.41, 5.74) is 4.32. The van der Waals surface area contributed by atoms with Gasteiger partial charge in [0.2, 0.25) is 5.91 Å². The Balaban J connectivity index is 1.35. The zero-order chi connectivity index (χ0) is 33.0. The predicted molar refractivity (Wildman–Crippen MR) is 183 cm³/mol. The zero-order valence-corrected chi connectivity index (χ0v) is 28.6. The summed E-state index contributed by atoms with van der Waals surface area (Å²) in [4.78, 5) is 27.8. The van der Waals surface area contributed by atoms with Gasteiger partial charge in [-0.25, -0.2) is 0 Å². The zero-order valence-electron chi connectivity index (χ0n) is 27.6. The van der Waals surface area contributed by atoms with Gasteiger partial charge in [0.25, 0.3) is 5.91 Å². The summed E-state index contributed by atoms with van der Waals surface area (Å²) >= 11 is 0. The molecular weight excluding hydrogens is 597 g/mol. The number of nitrogens with one attached hydrogen (secondary N) is 1. The van der Waals surface area contributed by atoms with E-state index in [4.69, 9.17) is 9.47 Å². The molecule has 5 rings (SSSR count). The molecular formula is C37H48N2O6Si. The first kappa shape index (κ1) is 33.8. The van der Waals surface area contributed by atoms with Gasteiger partial charge in [0.15, 0.2) is 0 Å². The summed E-state index contributed by atoms with van der Waals surface area (Å²) in [6.45, 7) is 8.92. The van der Waals surface area contributed by atoms with Gasteiger partial charge in [-0.05, 0) is 78.6 Å². The monoisotopic (exact) mass is 644 g/mol. The smallest absolute Gasteiger partial charge is 0.252 e. The standard InChI is InChI=1S/C37H48N2O6Si/c1-24-33(19-12-26-10-13-29(14-11-26)38-37(43)25(2)41)45-34(36(24)46(4,5)32-17-15-31(44-3)16-18-32)21-35(42)39-22-28-9-7-6-8-27(28)20-30(39)23-40/h6-11,13-18,24-25,30,33-34,36,40-41H,12,19-23H2,1-5H3,(H,38,43)/t24-,25+,30+,33+,34-,36+/m1/s1. The van der Waals surface area contributed by atoms with Crippen molar-refractivity contribution in [3.8, 4) is 5.75 Å². The third-order valence-electron chi connectivity index (χ3n) is 10.2. The van der Waals surface area contributed by atoms with Crippen LogP contribution in [0.3, 0.4) is 0 Å². The van der Waals surface area contributed by atoms with Gasteiger partial charge in [0.1, 0.15) is 11.9 Å². The van der Waals surface area contributed by atoms with Crippen molar-refractivity contribution in [2.75, 3.05) is 19.0 Å². The molecule has 3 N–H and O–H groups in total. The molecule has 1 fully saturated rings. The second kappa shape index (κ2) is 14.5. The average molecular weight is 645 g/mol. The van der Waals surface area contributed by atoms with Crippen LogP contribution in [-0.4, -0.2) is 73.1 Å². The van der Waals surface area contributed by atoms with Crippen molar-refractivity contribution in [2.24, 2.45) is 5.92 Å². The van der Waals surface area contributed by atoms with Gasteiger partial charge in [-0.1, -0.05) is 73.7 Å². The van der Waals surface area contributed by atoms with Gasteiger partial charge in [0.05, 0.1) is 46.5 Å². The molecule has 9 heteroatoms. The van der Waals surface area contributed by atoms with Gasteiger partial charge in [-0.3, -0.25) is 9.59 Å². The summed E-state index contributed by atoms with van der Waals surface area (Å²) in [6, 6.07) is 24.0. The Kier molecular flexibility index (Phi) is 10.7. The summed E-state index contributed by atoms with van der Waals surface area (Å²) in [6.07, 6.45) is 1.23. The highest BCUT2D eigenvalue weighted by Crippen LogP contribution is 2.47. The van der Waals surface area contributed by atoms with Crippen LogP contribution in [0.1, 0.15) is 43.4 Å². The van der Waals surface area contributed by atoms with E-state index in [0.29, 0.717) is 18.7 Å². The molecule has 0 spiro atoms. The van der Waals surface area contributed by atoms with Gasteiger partial charge in [0, 0.05) is 12.2 Å². The third-order valence-corrected chi connectivity index (χ3v) is 14.5. The topological polar surface area (TPSA) is 108 Å². The molecule has 0 aromatic heterocycles. The van der Waals surface area contributed by atoms with Crippen LogP contribution in [0, 0.1) is 5.92 Å². The van der Waals surface area contributed by atoms with E-state index in [1.54, 1.807) is 7.11 Å². The van der Waals surface area contributed by atoms with E-state index in [0.717, 1.165) is 29.7 Å². The van der Waals surface area contributed by atoms with E-state index in [2.05, 4.69) is 49.6 Å². The van der Waals surface area contributed by atoms with Crippen molar-refractivity contribution in [3.63, 3.8) is 0 Å². The molecule has 0 saturated carbocycles. The largest absolute Gasteiger partial charge is 0.497 e. The molecule has 246 valence electrons. The van der Waals surface area contributed by atoms with Crippen LogP contribution < -0.4 is 15.2 Å². The molecule has 0 bridgehead atoms. The quantitative estimate of drug-likeness (QED) is 0.262. The Labute approximate surface area is 273 Å². The van der Waals surface area contributed by atoms with Gasteiger partial charge >= 0.3 is 0 Å². The Morgan fingerprint density at radius 3 is 2.33 bits per heavy atom. The third kappa shape index (κ3) is 7.38. The number of hydrogen-bond acceptors (Lipinski definition) is 6. The molecule has 2 aliphatic rings. The number of carbonyl (C=O) groups is 2. The molecule has 0 aliphatic carbocycles. The van der Waals surface area contributed by atoms with Gasteiger partial charge < -0.3 is 29.9 Å². The fraction of sp³-hybridized carbons (Fsp3) is 0.459. The van der Waals surface area contributed by atoms with Crippen molar-refractivity contribution in [1.82, 2.24) is 4.90 Å². The number of rotatable bonds is 11. The Hall–Kier alpha value is -3.50. The van der Waals surface area contributed by atoms with Gasteiger partial charge in [-0.15, -0.1) is 0 Å². The number of amides is 2. The lowest BCUT2D eigenvalue weighted by atomic mass is 9.93. The lowest BCUT2D eigenvalue weighted by Crippen LogP contribution is -2.52. The van der Waals surface area contributed by atoms with E-state index >= 15 is 0 Å². The van der Waals surface area contributed by atoms with E-state index < -0.39 is 20.1 Å². The van der Waals surface area contributed by atoms with Crippen LogP contribution in [-0.2, 0) is 33.7 Å². The first-order valence-corrected chi connectivity index (χ1v) is 19.4. The van der Waals surface area contributed by atoms with E-state index in [-0.39, 0.29) is 48.6 Å². The highest BCUT2D eigenvalue weighted by atomic mass is 28.3. The number of aliphatic hydroxyl groups excluding tert-OH is 2. The number of nitrogens with zero attached hydrogens (tertiary/aromatic N) is 1. The maximum atomic E-state index is 14.1. The fourth-order valence-electron chi connectivity index (χ4n) is 7.49. The van der Waals surface area contributed by atoms with Crippen LogP contribution in [0.25, 0.3) is 0 Å². The molecule has 2 amide bonds. The molecule has 3 aromatic carbocycles. The number of anilines is 1. The molecule has 1 saturated heterocycles. The van der Waals surface area contributed by atoms with E-state index in [9.17, 15) is 19.8 Å². The van der Waals surface area contributed by atoms with Gasteiger partial charge in [-0.2, -0.15) is 0 Å². The van der Waals surface area contributed by atoms with Crippen LogP contribution in [0.5, 0.6) is 5.75 Å². The number of carbonyl (C=O) groups excluding carboxylic acids is 2. The highest BCUT2D eigenvalue weighted by Gasteiger charge is 2.51. The molecule has 2 aliphatic heterocycles. The van der Waals surface area contributed by atoms with E-state index in [1.807, 2.05) is 53.4 Å². The van der Waals surface area contributed by atoms with Crippen molar-refractivity contribution >= 4 is 30.8 Å². The second-order valence-electron chi connectivity index (χ2n) is 13.5. The van der Waals surface area contributed by atoms with Crippen molar-refractivity contribution in [2.45, 2.75) is 89.1 Å². The number of aliphatic hydroxyl groups is 2. The lowest BCUT2D eigenvalue weighted by molar-refractivity contribution is -0.138. The number of benzene rings is 3. The van der Waals surface area contributed by atoms with Crippen molar-refractivity contribution < 1.29 is 29.3 Å². The molecule has 0 radical (unpaired) electrons. The molecule has 0 unspecified atom stereocenters. The fourth-order valence-corrected chi connectivity index (χ4v) is 11.6. The number of ether oxygens (including phenoxy) is 2. The maximum Gasteiger partial charge on any atom is 0.252 e. The minimum atomic E-state index is -2.15. The normalized spacial score (nSPS) is 23.5. The second-order valence-corrected chi connectivity index (χ2v) is 18.2. The lowest BCUT2D eigenvalue weighted by Gasteiger charge is -2.39. The maximum absolute atomic E-state index is 14.1. The molecule has 46 heavy (non-hydrogen) atoms. The average Bonchev–Trinajstić information content (AvgIpc) is 3.38. The summed E-state index contributed by atoms with van der Waals surface area (Å²) in [5.74, 6) is 0.661. The van der Waals surface area contributed by atoms with Crippen LogP contribution >= 0.6 is 0 Å². The van der Waals surface area contributed by atoms with E-state index in [1.165, 1.54) is 17.7 Å². The predicted octanol–water partition coefficient (Wildman–Crippen LogP) is 4.67. The number of methoxy groups -OCH3 is 1. The summed E-state index contributed by atoms with van der Waals surface area (Å²) in [7, 11) is -0.476. The molecule has 8 nitrogen and oxygen atoms in total. The minimum absolute atomic E-state index is 0.0156. The Morgan fingerprint density at radius 2 is 1.70 bits per heavy atom. The minimum Gasteiger partial charge on any atom is -0.497 e. The van der Waals surface area contributed by atoms with Crippen molar-refractivity contribution in [1.29, 1.82) is 0 Å². The molecule has 3 aromatic rings. The van der Waals surface area contributed by atoms with Crippen molar-refractivity contribution in [3.05, 3.63) is 89.5 Å². The first-order chi connectivity index (χ1) is 22.0. The SMILES string of the molecule is COc1ccc([Si](C)(C)[C@H]2[C@H](C)[C@H](CCc3ccc(NC(=O)[C@H](C)O)cc3)O[C@@H]2CC(=O)N2Cc3ccccc3C[C@H]2CO)cc1. The highest BCUT2D eigenvalue weighted by molar-refractivity contribution is 6.91. The number of hydrogen-bond donors (Lipinski definition) is 3. The molecule has 2 heterocycles. The Morgan fingerprint density at radius 1 is 1.02 bits per heavy atom. The van der Waals surface area contributed by atoms with Crippen LogP contribution in [0.2, 0.25) is 18.6 Å². The molecule has 6 atom stereocenters. The summed E-state index contributed by atoms with van der Waals surface area (Å²) in [5, 5.41) is 23.8. The number of fused-ring (bicyclic) bond motifs is 1. The first-order valence-electron chi connectivity index (χ1n) is 16.4. The van der Waals surface area contributed by atoms with Crippen LogP contribution in [0.4, 0.5) is 5.69 Å². The summed E-state index contributed by atoms with van der Waals surface area (Å²) < 4.78 is 12.3.